The second-order valence-electron chi connectivity index (χ2n) is 7.43. The number of nitrogens with two attached hydrogens (primary N) is 1. The van der Waals surface area contributed by atoms with Crippen molar-refractivity contribution in [2.45, 2.75) is 19.9 Å². The predicted molar refractivity (Wildman–Crippen MR) is 129 cm³/mol. The number of hydrogen-bond acceptors (Lipinski definition) is 5. The van der Waals surface area contributed by atoms with Crippen LogP contribution in [0.4, 0.5) is 11.4 Å². The molecule has 1 fully saturated rings. The lowest BCUT2D eigenvalue weighted by molar-refractivity contribution is 0.0374. The molecule has 1 aliphatic heterocycles. The van der Waals surface area contributed by atoms with E-state index in [1.807, 2.05) is 31.2 Å². The van der Waals surface area contributed by atoms with Crippen LogP contribution in [0.15, 0.2) is 39.3 Å². The van der Waals surface area contributed by atoms with Crippen LogP contribution in [0.1, 0.15) is 27.9 Å². The molecule has 0 atom stereocenters. The fraction of sp³-hybridized carbons (Fsp3) is 0.409. The monoisotopic (exact) mass is 538 g/mol. The number of rotatable bonds is 8. The van der Waals surface area contributed by atoms with E-state index >= 15 is 0 Å². The van der Waals surface area contributed by atoms with Gasteiger partial charge in [0, 0.05) is 45.5 Å². The summed E-state index contributed by atoms with van der Waals surface area (Å²) >= 11 is 7.22. The lowest BCUT2D eigenvalue weighted by Gasteiger charge is -2.26. The molecule has 0 bridgehead atoms. The summed E-state index contributed by atoms with van der Waals surface area (Å²) in [6.07, 6.45) is 1.09. The number of anilines is 2. The van der Waals surface area contributed by atoms with Crippen molar-refractivity contribution in [2.24, 2.45) is 0 Å². The van der Waals surface area contributed by atoms with E-state index in [0.29, 0.717) is 16.9 Å². The van der Waals surface area contributed by atoms with Crippen molar-refractivity contribution in [1.29, 1.82) is 0 Å². The molecule has 6 nitrogen and oxygen atoms in total. The summed E-state index contributed by atoms with van der Waals surface area (Å²) in [4.78, 5) is 15.1. The van der Waals surface area contributed by atoms with Crippen molar-refractivity contribution in [3.05, 3.63) is 56.0 Å². The van der Waals surface area contributed by atoms with E-state index in [1.54, 1.807) is 6.07 Å². The highest BCUT2D eigenvalue weighted by atomic mass is 79.9. The number of halogens is 2. The largest absolute Gasteiger partial charge is 0.398 e. The van der Waals surface area contributed by atoms with Gasteiger partial charge in [0.25, 0.3) is 5.91 Å². The first-order valence-electron chi connectivity index (χ1n) is 10.1. The first-order chi connectivity index (χ1) is 14.4. The van der Waals surface area contributed by atoms with Crippen LogP contribution in [0.3, 0.4) is 0 Å². The molecule has 1 aliphatic rings. The Bertz CT molecular complexity index is 862. The zero-order chi connectivity index (χ0) is 21.5. The molecule has 8 heteroatoms. The molecule has 1 saturated heterocycles. The van der Waals surface area contributed by atoms with E-state index < -0.39 is 0 Å². The smallest absolute Gasteiger partial charge is 0.255 e. The van der Waals surface area contributed by atoms with Crippen LogP contribution < -0.4 is 16.4 Å². The number of carbonyl (C=O) groups is 1. The third-order valence-electron chi connectivity index (χ3n) is 5.17. The van der Waals surface area contributed by atoms with E-state index in [9.17, 15) is 4.79 Å². The van der Waals surface area contributed by atoms with Gasteiger partial charge in [-0.15, -0.1) is 0 Å². The minimum absolute atomic E-state index is 0.176. The van der Waals surface area contributed by atoms with E-state index in [2.05, 4.69) is 47.4 Å². The summed E-state index contributed by atoms with van der Waals surface area (Å²) < 4.78 is 7.17. The number of benzene rings is 2. The van der Waals surface area contributed by atoms with Gasteiger partial charge >= 0.3 is 0 Å². The Morgan fingerprint density at radius 1 is 1.17 bits per heavy atom. The van der Waals surface area contributed by atoms with Gasteiger partial charge in [0.05, 0.1) is 13.2 Å². The quantitative estimate of drug-likeness (QED) is 0.346. The summed E-state index contributed by atoms with van der Waals surface area (Å²) in [6, 6.07) is 9.21. The van der Waals surface area contributed by atoms with Gasteiger partial charge in [-0.2, -0.15) is 0 Å². The summed E-state index contributed by atoms with van der Waals surface area (Å²) in [7, 11) is 0. The van der Waals surface area contributed by atoms with Gasteiger partial charge in [-0.05, 0) is 61.8 Å². The second kappa shape index (κ2) is 11.2. The Morgan fingerprint density at radius 2 is 1.87 bits per heavy atom. The average Bonchev–Trinajstić information content (AvgIpc) is 2.72. The molecule has 0 aromatic heterocycles. The zero-order valence-corrected chi connectivity index (χ0v) is 20.3. The predicted octanol–water partition coefficient (Wildman–Crippen LogP) is 4.17. The van der Waals surface area contributed by atoms with Crippen molar-refractivity contribution < 1.29 is 9.53 Å². The topological polar surface area (TPSA) is 79.6 Å². The van der Waals surface area contributed by atoms with Crippen LogP contribution in [-0.2, 0) is 11.3 Å². The number of nitrogen functional groups attached to an aromatic ring is 1. The number of nitrogens with one attached hydrogen (secondary N) is 2. The maximum atomic E-state index is 12.7. The maximum absolute atomic E-state index is 12.7. The van der Waals surface area contributed by atoms with Gasteiger partial charge in [0.2, 0.25) is 0 Å². The van der Waals surface area contributed by atoms with Gasteiger partial charge in [-0.25, -0.2) is 0 Å². The highest BCUT2D eigenvalue weighted by Gasteiger charge is 2.14. The van der Waals surface area contributed by atoms with Gasteiger partial charge < -0.3 is 21.1 Å². The molecule has 0 radical (unpaired) electrons. The molecular weight excluding hydrogens is 512 g/mol. The summed E-state index contributed by atoms with van der Waals surface area (Å²) in [6.45, 7) is 8.40. The number of morpholine rings is 1. The Balaban J connectivity index is 1.52. The number of carbonyl (C=O) groups excluding carboxylic acids is 1. The molecular formula is C22H28Br2N4O2. The lowest BCUT2D eigenvalue weighted by atomic mass is 10.1. The molecule has 0 saturated carbocycles. The maximum Gasteiger partial charge on any atom is 0.255 e. The van der Waals surface area contributed by atoms with E-state index in [1.165, 1.54) is 0 Å². The normalized spacial score (nSPS) is 14.6. The third-order valence-corrected chi connectivity index (χ3v) is 6.59. The molecule has 162 valence electrons. The molecule has 1 heterocycles. The summed E-state index contributed by atoms with van der Waals surface area (Å²) in [5, 5.41) is 6.39. The number of hydrogen-bond donors (Lipinski definition) is 3. The number of nitrogens with zero attached hydrogens (tertiary/aromatic N) is 1. The van der Waals surface area contributed by atoms with Crippen LogP contribution >= 0.6 is 31.9 Å². The first kappa shape index (κ1) is 23.2. The Morgan fingerprint density at radius 3 is 2.53 bits per heavy atom. The van der Waals surface area contributed by atoms with E-state index in [0.717, 1.165) is 72.4 Å². The number of aryl methyl sites for hydroxylation is 1. The van der Waals surface area contributed by atoms with E-state index in [-0.39, 0.29) is 5.91 Å². The minimum Gasteiger partial charge on any atom is -0.398 e. The Hall–Kier alpha value is -1.45. The highest BCUT2D eigenvalue weighted by Crippen LogP contribution is 2.28. The van der Waals surface area contributed by atoms with Crippen LogP contribution in [0, 0.1) is 6.92 Å². The standard InChI is InChI=1S/C22H28Br2N4O2/c1-15-3-4-17(13-21(15)25)27-22(29)16-11-19(23)18(20(24)12-16)14-26-5-2-6-28-7-9-30-10-8-28/h3-4,11-13,26H,2,5-10,14,25H2,1H3,(H,27,29). The lowest BCUT2D eigenvalue weighted by Crippen LogP contribution is -2.37. The van der Waals surface area contributed by atoms with Gasteiger partial charge in [0.15, 0.2) is 0 Å². The second-order valence-corrected chi connectivity index (χ2v) is 9.14. The van der Waals surface area contributed by atoms with Crippen LogP contribution in [0.5, 0.6) is 0 Å². The number of amides is 1. The van der Waals surface area contributed by atoms with E-state index in [4.69, 9.17) is 10.5 Å². The van der Waals surface area contributed by atoms with Gasteiger partial charge in [0.1, 0.15) is 0 Å². The molecule has 2 aromatic carbocycles. The van der Waals surface area contributed by atoms with Crippen molar-refractivity contribution in [3.8, 4) is 0 Å². The van der Waals surface area contributed by atoms with Crippen LogP contribution in [0.25, 0.3) is 0 Å². The zero-order valence-electron chi connectivity index (χ0n) is 17.1. The molecule has 0 spiro atoms. The minimum atomic E-state index is -0.176. The van der Waals surface area contributed by atoms with Crippen molar-refractivity contribution in [2.75, 3.05) is 50.4 Å². The molecule has 3 rings (SSSR count). The van der Waals surface area contributed by atoms with Crippen LogP contribution in [-0.4, -0.2) is 50.2 Å². The number of ether oxygens (including phenoxy) is 1. The molecule has 30 heavy (non-hydrogen) atoms. The van der Waals surface area contributed by atoms with Gasteiger partial charge in [-0.3, -0.25) is 9.69 Å². The first-order valence-corrected chi connectivity index (χ1v) is 11.7. The highest BCUT2D eigenvalue weighted by molar-refractivity contribution is 9.11. The Labute approximate surface area is 194 Å². The van der Waals surface area contributed by atoms with Crippen molar-refractivity contribution in [3.63, 3.8) is 0 Å². The molecule has 2 aromatic rings. The fourth-order valence-electron chi connectivity index (χ4n) is 3.29. The molecule has 1 amide bonds. The average molecular weight is 540 g/mol. The molecule has 4 N–H and O–H groups in total. The SMILES string of the molecule is Cc1ccc(NC(=O)c2cc(Br)c(CNCCCN3CCOCC3)c(Br)c2)cc1N. The van der Waals surface area contributed by atoms with Crippen LogP contribution in [0.2, 0.25) is 0 Å². The summed E-state index contributed by atoms with van der Waals surface area (Å²) in [5.41, 5.74) is 9.93. The summed E-state index contributed by atoms with van der Waals surface area (Å²) in [5.74, 6) is -0.176. The van der Waals surface area contributed by atoms with Crippen molar-refractivity contribution >= 4 is 49.1 Å². The molecule has 0 aliphatic carbocycles. The third kappa shape index (κ3) is 6.52. The fourth-order valence-corrected chi connectivity index (χ4v) is 4.76. The molecule has 0 unspecified atom stereocenters. The van der Waals surface area contributed by atoms with Crippen molar-refractivity contribution in [1.82, 2.24) is 10.2 Å². The van der Waals surface area contributed by atoms with Gasteiger partial charge in [-0.1, -0.05) is 37.9 Å². The Kier molecular flexibility index (Phi) is 8.71.